The van der Waals surface area contributed by atoms with Crippen molar-refractivity contribution in [3.05, 3.63) is 36.5 Å². The van der Waals surface area contributed by atoms with Gasteiger partial charge in [-0.05, 0) is 71.1 Å². The summed E-state index contributed by atoms with van der Waals surface area (Å²) >= 11 is 0. The third kappa shape index (κ3) is 21.6. The first-order valence-corrected chi connectivity index (χ1v) is 19.9. The molecule has 0 aromatic heterocycles. The van der Waals surface area contributed by atoms with Crippen LogP contribution in [0, 0.1) is 0 Å². The minimum absolute atomic E-state index is 0.241. The maximum absolute atomic E-state index is 13.0. The third-order valence-electron chi connectivity index (χ3n) is 9.49. The Morgan fingerprint density at radius 3 is 1.86 bits per heavy atom. The second-order valence-electron chi connectivity index (χ2n) is 14.0. The van der Waals surface area contributed by atoms with Crippen molar-refractivity contribution in [2.24, 2.45) is 0 Å². The van der Waals surface area contributed by atoms with E-state index in [1.165, 1.54) is 44.9 Å². The highest BCUT2D eigenvalue weighted by molar-refractivity contribution is 5.80. The lowest BCUT2D eigenvalue weighted by atomic mass is 9.98. The molecule has 0 spiro atoms. The van der Waals surface area contributed by atoms with Crippen LogP contribution in [0.25, 0.3) is 0 Å². The normalized spacial score (nSPS) is 23.7. The number of allylic oxidation sites excluding steroid dienone is 6. The van der Waals surface area contributed by atoms with E-state index in [0.717, 1.165) is 51.4 Å². The Labute approximate surface area is 307 Å². The average molecular weight is 728 g/mol. The Morgan fingerprint density at radius 2 is 1.25 bits per heavy atom. The first-order valence-electron chi connectivity index (χ1n) is 19.9. The van der Waals surface area contributed by atoms with Gasteiger partial charge in [-0.3, -0.25) is 4.79 Å². The maximum Gasteiger partial charge on any atom is 0.249 e. The Balaban J connectivity index is 2.52. The van der Waals surface area contributed by atoms with Crippen molar-refractivity contribution in [3.8, 4) is 0 Å². The number of nitrogens with one attached hydrogen (secondary N) is 1. The number of hydrogen-bond acceptors (Lipinski definition) is 10. The number of hydrogen-bond donors (Lipinski definition) is 8. The maximum atomic E-state index is 13.0. The zero-order valence-corrected chi connectivity index (χ0v) is 31.6. The molecule has 0 aromatic rings. The third-order valence-corrected chi connectivity index (χ3v) is 9.49. The summed E-state index contributed by atoms with van der Waals surface area (Å²) in [4.78, 5) is 13.0. The Bertz CT molecular complexity index is 929. The highest BCUT2D eigenvalue weighted by Crippen LogP contribution is 2.23. The molecule has 1 aliphatic rings. The SMILES string of the molecule is C/C=C/CC/C=C/CCCC(O)C(O)C(COC1OC(CO)C(O)C(O)C1O)NC(=O)C(O)CCCCCCCC/C=C\CCCCCCCC. The van der Waals surface area contributed by atoms with Crippen molar-refractivity contribution < 1.29 is 50.0 Å². The van der Waals surface area contributed by atoms with Gasteiger partial charge in [0.15, 0.2) is 6.29 Å². The monoisotopic (exact) mass is 728 g/mol. The van der Waals surface area contributed by atoms with Gasteiger partial charge in [-0.1, -0.05) is 108 Å². The standard InChI is InChI=1S/C40H73NO10/c1-3-5-7-9-11-13-14-15-16-17-18-19-20-22-24-26-28-33(44)39(49)41-31(30-50-40-38(48)37(47)36(46)34(29-42)51-40)35(45)32(43)27-25-23-21-12-10-8-6-4-2/h4,6,12,15-16,21,31-38,40,42-48H,3,5,7-11,13-14,17-20,22-30H2,1-2H3,(H,41,49)/b6-4+,16-15-,21-12+. The number of ether oxygens (including phenoxy) is 2. The number of carbonyl (C=O) groups is 1. The molecule has 1 fully saturated rings. The molecule has 1 rings (SSSR count). The van der Waals surface area contributed by atoms with Crippen molar-refractivity contribution in [2.45, 2.75) is 197 Å². The van der Waals surface area contributed by atoms with E-state index in [1.54, 1.807) is 0 Å². The highest BCUT2D eigenvalue weighted by atomic mass is 16.7. The molecule has 1 amide bonds. The van der Waals surface area contributed by atoms with E-state index < -0.39 is 74.2 Å². The van der Waals surface area contributed by atoms with Crippen LogP contribution in [0.3, 0.4) is 0 Å². The van der Waals surface area contributed by atoms with Crippen molar-refractivity contribution in [3.63, 3.8) is 0 Å². The van der Waals surface area contributed by atoms with Gasteiger partial charge in [0, 0.05) is 0 Å². The zero-order chi connectivity index (χ0) is 37.7. The molecular formula is C40H73NO10. The molecule has 11 nitrogen and oxygen atoms in total. The molecule has 11 heteroatoms. The molecule has 51 heavy (non-hydrogen) atoms. The molecular weight excluding hydrogens is 654 g/mol. The van der Waals surface area contributed by atoms with E-state index in [4.69, 9.17) is 9.47 Å². The van der Waals surface area contributed by atoms with Crippen molar-refractivity contribution in [2.75, 3.05) is 13.2 Å². The fourth-order valence-corrected chi connectivity index (χ4v) is 6.10. The van der Waals surface area contributed by atoms with Gasteiger partial charge in [-0.15, -0.1) is 0 Å². The van der Waals surface area contributed by atoms with Gasteiger partial charge >= 0.3 is 0 Å². The smallest absolute Gasteiger partial charge is 0.249 e. The second kappa shape index (κ2) is 30.8. The highest BCUT2D eigenvalue weighted by Gasteiger charge is 2.44. The van der Waals surface area contributed by atoms with Gasteiger partial charge in [0.05, 0.1) is 25.4 Å². The average Bonchev–Trinajstić information content (AvgIpc) is 3.13. The van der Waals surface area contributed by atoms with E-state index in [2.05, 4.69) is 36.5 Å². The largest absolute Gasteiger partial charge is 0.394 e. The zero-order valence-electron chi connectivity index (χ0n) is 31.6. The second-order valence-corrected chi connectivity index (χ2v) is 14.0. The number of carbonyl (C=O) groups excluding carboxylic acids is 1. The summed E-state index contributed by atoms with van der Waals surface area (Å²) in [6.07, 6.45) is 21.0. The van der Waals surface area contributed by atoms with Gasteiger partial charge in [0.2, 0.25) is 5.91 Å². The molecule has 0 bridgehead atoms. The minimum Gasteiger partial charge on any atom is -0.394 e. The van der Waals surface area contributed by atoms with E-state index >= 15 is 0 Å². The molecule has 0 aliphatic carbocycles. The van der Waals surface area contributed by atoms with Gasteiger partial charge in [0.1, 0.15) is 36.6 Å². The minimum atomic E-state index is -1.67. The molecule has 0 aromatic carbocycles. The van der Waals surface area contributed by atoms with Crippen LogP contribution in [0.1, 0.15) is 142 Å². The Morgan fingerprint density at radius 1 is 0.706 bits per heavy atom. The molecule has 0 saturated carbocycles. The summed E-state index contributed by atoms with van der Waals surface area (Å²) in [5.74, 6) is -0.722. The van der Waals surface area contributed by atoms with Crippen molar-refractivity contribution >= 4 is 5.91 Å². The van der Waals surface area contributed by atoms with Crippen molar-refractivity contribution in [1.82, 2.24) is 5.32 Å². The van der Waals surface area contributed by atoms with Gasteiger partial charge in [-0.2, -0.15) is 0 Å². The summed E-state index contributed by atoms with van der Waals surface area (Å²) in [6.45, 7) is 3.13. The number of aliphatic hydroxyl groups is 7. The first kappa shape index (κ1) is 47.4. The van der Waals surface area contributed by atoms with E-state index in [-0.39, 0.29) is 12.8 Å². The lowest BCUT2D eigenvalue weighted by Crippen LogP contribution is -2.60. The van der Waals surface area contributed by atoms with Crippen LogP contribution in [0.4, 0.5) is 0 Å². The van der Waals surface area contributed by atoms with Gasteiger partial charge < -0.3 is 50.5 Å². The van der Waals surface area contributed by atoms with Gasteiger partial charge in [-0.25, -0.2) is 0 Å². The molecule has 8 N–H and O–H groups in total. The summed E-state index contributed by atoms with van der Waals surface area (Å²) in [5.41, 5.74) is 0. The summed E-state index contributed by atoms with van der Waals surface area (Å²) < 4.78 is 11.0. The number of unbranched alkanes of at least 4 members (excludes halogenated alkanes) is 14. The van der Waals surface area contributed by atoms with Crippen LogP contribution >= 0.6 is 0 Å². The molecule has 9 unspecified atom stereocenters. The van der Waals surface area contributed by atoms with Crippen LogP contribution in [0.2, 0.25) is 0 Å². The van der Waals surface area contributed by atoms with Crippen LogP contribution < -0.4 is 5.32 Å². The predicted molar refractivity (Wildman–Crippen MR) is 201 cm³/mol. The van der Waals surface area contributed by atoms with Crippen LogP contribution in [0.5, 0.6) is 0 Å². The summed E-state index contributed by atoms with van der Waals surface area (Å²) in [5, 5.41) is 75.0. The Kier molecular flexibility index (Phi) is 28.6. The quantitative estimate of drug-likeness (QED) is 0.0361. The lowest BCUT2D eigenvalue weighted by molar-refractivity contribution is -0.303. The topological polar surface area (TPSA) is 189 Å². The molecule has 1 aliphatic heterocycles. The van der Waals surface area contributed by atoms with Crippen molar-refractivity contribution in [1.29, 1.82) is 0 Å². The fraction of sp³-hybridized carbons (Fsp3) is 0.825. The van der Waals surface area contributed by atoms with E-state index in [1.807, 2.05) is 19.1 Å². The first-order chi connectivity index (χ1) is 24.7. The summed E-state index contributed by atoms with van der Waals surface area (Å²) in [6, 6.07) is -1.19. The predicted octanol–water partition coefficient (Wildman–Crippen LogP) is 4.88. The molecule has 298 valence electrons. The van der Waals surface area contributed by atoms with Gasteiger partial charge in [0.25, 0.3) is 0 Å². The molecule has 1 saturated heterocycles. The number of amides is 1. The lowest BCUT2D eigenvalue weighted by Gasteiger charge is -2.40. The van der Waals surface area contributed by atoms with Crippen LogP contribution in [-0.2, 0) is 14.3 Å². The van der Waals surface area contributed by atoms with E-state index in [0.29, 0.717) is 19.3 Å². The summed E-state index contributed by atoms with van der Waals surface area (Å²) in [7, 11) is 0. The molecule has 9 atom stereocenters. The molecule has 0 radical (unpaired) electrons. The Hall–Kier alpha value is -1.67. The molecule has 1 heterocycles. The number of aliphatic hydroxyl groups excluding tert-OH is 7. The fourth-order valence-electron chi connectivity index (χ4n) is 6.10. The number of rotatable bonds is 31. The van der Waals surface area contributed by atoms with Crippen LogP contribution in [-0.4, -0.2) is 110 Å². The van der Waals surface area contributed by atoms with Crippen LogP contribution in [0.15, 0.2) is 36.5 Å². The van der Waals surface area contributed by atoms with E-state index in [9.17, 15) is 40.5 Å².